The number of nitrogen functional groups attached to an aromatic ring is 1. The summed E-state index contributed by atoms with van der Waals surface area (Å²) in [5.74, 6) is -1.34. The largest absolute Gasteiger partial charge is 0.398 e. The van der Waals surface area contributed by atoms with Gasteiger partial charge in [0.25, 0.3) is 5.56 Å². The maximum atomic E-state index is 12.9. The third kappa shape index (κ3) is 2.12. The Balaban J connectivity index is 2.32. The van der Waals surface area contributed by atoms with Crippen LogP contribution in [-0.2, 0) is 9.59 Å². The molecule has 6 heteroatoms. The Morgan fingerprint density at radius 3 is 3.05 bits per heavy atom. The molecule has 0 aliphatic heterocycles. The number of benzene rings is 1. The number of rotatable bonds is 1. The van der Waals surface area contributed by atoms with Gasteiger partial charge in [0.15, 0.2) is 5.78 Å². The summed E-state index contributed by atoms with van der Waals surface area (Å²) in [4.78, 5) is 40.9. The van der Waals surface area contributed by atoms with E-state index >= 15 is 0 Å². The van der Waals surface area contributed by atoms with Crippen LogP contribution in [0.5, 0.6) is 0 Å². The van der Waals surface area contributed by atoms with Crippen LogP contribution < -0.4 is 11.3 Å². The van der Waals surface area contributed by atoms with Crippen molar-refractivity contribution in [1.82, 2.24) is 9.55 Å². The van der Waals surface area contributed by atoms with E-state index in [9.17, 15) is 14.4 Å². The highest BCUT2D eigenvalue weighted by atomic mass is 16.2. The number of nitrogens with two attached hydrogens (primary N) is 1. The van der Waals surface area contributed by atoms with Crippen molar-refractivity contribution in [3.63, 3.8) is 0 Å². The lowest BCUT2D eigenvalue weighted by Crippen LogP contribution is -2.36. The first-order chi connectivity index (χ1) is 11.7. The van der Waals surface area contributed by atoms with Crippen LogP contribution in [0.25, 0.3) is 10.9 Å². The number of fused-ring (bicyclic) bond motifs is 1. The summed E-state index contributed by atoms with van der Waals surface area (Å²) in [6.07, 6.45) is -1.83. The van der Waals surface area contributed by atoms with E-state index in [1.54, 1.807) is 0 Å². The summed E-state index contributed by atoms with van der Waals surface area (Å²) in [5.41, 5.74) is 5.20. The van der Waals surface area contributed by atoms with Crippen molar-refractivity contribution >= 4 is 28.2 Å². The van der Waals surface area contributed by atoms with Crippen LogP contribution in [0, 0.1) is 6.88 Å². The molecule has 2 aromatic rings. The van der Waals surface area contributed by atoms with Gasteiger partial charge in [-0.15, -0.1) is 0 Å². The van der Waals surface area contributed by atoms with Crippen molar-refractivity contribution in [3.05, 3.63) is 34.4 Å². The SMILES string of the molecule is [2H]c1cc(N)c2c(=O)n(C3CC([2H])C(=O)CC3=O)c(C([2H])[2H])nc2c1. The Hall–Kier alpha value is -2.50. The second kappa shape index (κ2) is 4.80. The van der Waals surface area contributed by atoms with Crippen molar-refractivity contribution in [2.45, 2.75) is 32.2 Å². The summed E-state index contributed by atoms with van der Waals surface area (Å²) >= 11 is 0. The predicted octanol–water partition coefficient (Wildman–Crippen LogP) is 1.15. The van der Waals surface area contributed by atoms with E-state index in [4.69, 9.17) is 11.2 Å². The Morgan fingerprint density at radius 1 is 1.48 bits per heavy atom. The molecule has 108 valence electrons. The molecule has 0 amide bonds. The molecule has 0 bridgehead atoms. The first-order valence-electron chi connectivity index (χ1n) is 8.58. The Kier molecular flexibility index (Phi) is 2.16. The molecule has 2 atom stereocenters. The van der Waals surface area contributed by atoms with Crippen molar-refractivity contribution in [3.8, 4) is 0 Å². The molecular weight excluding hydrogens is 270 g/mol. The second-order valence-electron chi connectivity index (χ2n) is 4.88. The molecule has 21 heavy (non-hydrogen) atoms. The number of carbonyl (C=O) groups is 2. The van der Waals surface area contributed by atoms with Crippen LogP contribution >= 0.6 is 0 Å². The lowest BCUT2D eigenvalue weighted by molar-refractivity contribution is -0.132. The molecular formula is C15H15N3O3. The summed E-state index contributed by atoms with van der Waals surface area (Å²) in [5, 5.41) is -0.00775. The van der Waals surface area contributed by atoms with Gasteiger partial charge in [-0.25, -0.2) is 4.98 Å². The first kappa shape index (κ1) is 9.44. The molecule has 0 saturated heterocycles. The van der Waals surface area contributed by atoms with Crippen LogP contribution in [0.1, 0.15) is 36.6 Å². The summed E-state index contributed by atoms with van der Waals surface area (Å²) in [6.45, 7) is -1.66. The molecule has 1 aliphatic rings. The fourth-order valence-corrected chi connectivity index (χ4v) is 2.51. The van der Waals surface area contributed by atoms with Crippen LogP contribution in [0.3, 0.4) is 0 Å². The van der Waals surface area contributed by atoms with Crippen LogP contribution in [0.15, 0.2) is 23.0 Å². The van der Waals surface area contributed by atoms with Gasteiger partial charge in [0.05, 0.1) is 24.7 Å². The number of hydrogen-bond acceptors (Lipinski definition) is 5. The van der Waals surface area contributed by atoms with Gasteiger partial charge in [0.2, 0.25) is 0 Å². The molecule has 1 fully saturated rings. The van der Waals surface area contributed by atoms with Gasteiger partial charge in [-0.05, 0) is 25.4 Å². The highest BCUT2D eigenvalue weighted by Gasteiger charge is 2.30. The number of ketones is 2. The summed E-state index contributed by atoms with van der Waals surface area (Å²) < 4.78 is 31.6. The third-order valence-corrected chi connectivity index (χ3v) is 3.52. The third-order valence-electron chi connectivity index (χ3n) is 3.52. The quantitative estimate of drug-likeness (QED) is 0.627. The van der Waals surface area contributed by atoms with Gasteiger partial charge in [0.1, 0.15) is 11.6 Å². The Morgan fingerprint density at radius 2 is 2.29 bits per heavy atom. The summed E-state index contributed by atoms with van der Waals surface area (Å²) in [6, 6.07) is 1.46. The minimum Gasteiger partial charge on any atom is -0.398 e. The zero-order valence-corrected chi connectivity index (χ0v) is 11.0. The molecule has 1 heterocycles. The number of aryl methyl sites for hydroxylation is 1. The fourth-order valence-electron chi connectivity index (χ4n) is 2.51. The topological polar surface area (TPSA) is 95.0 Å². The van der Waals surface area contributed by atoms with Crippen molar-refractivity contribution in [1.29, 1.82) is 0 Å². The Labute approximate surface area is 126 Å². The van der Waals surface area contributed by atoms with Gasteiger partial charge in [-0.3, -0.25) is 19.0 Å². The molecule has 6 nitrogen and oxygen atoms in total. The standard InChI is InChI=1S/C15H15N3O3/c1-8-17-11-4-2-3-10(16)14(11)15(21)18(8)12-6-5-9(19)7-13(12)20/h2-4,12H,5-7,16H2,1H3/i1D2,2D,5D. The zero-order valence-electron chi connectivity index (χ0n) is 15.0. The van der Waals surface area contributed by atoms with E-state index in [1.165, 1.54) is 12.1 Å². The number of nitrogens with zero attached hydrogens (tertiary/aromatic N) is 2. The maximum Gasteiger partial charge on any atom is 0.264 e. The van der Waals surface area contributed by atoms with Gasteiger partial charge in [0, 0.05) is 16.2 Å². The maximum absolute atomic E-state index is 12.9. The summed E-state index contributed by atoms with van der Waals surface area (Å²) in [7, 11) is 0. The van der Waals surface area contributed by atoms with E-state index in [2.05, 4.69) is 4.98 Å². The fraction of sp³-hybridized carbons (Fsp3) is 0.333. The highest BCUT2D eigenvalue weighted by Crippen LogP contribution is 2.24. The minimum absolute atomic E-state index is 0.00775. The van der Waals surface area contributed by atoms with E-state index in [1.807, 2.05) is 0 Å². The van der Waals surface area contributed by atoms with E-state index in [0.29, 0.717) is 0 Å². The molecule has 2 unspecified atom stereocenters. The number of Topliss-reactive ketones (excluding diaryl/α,β-unsaturated/α-hetero) is 2. The lowest BCUT2D eigenvalue weighted by Gasteiger charge is -2.24. The predicted molar refractivity (Wildman–Crippen MR) is 78.1 cm³/mol. The van der Waals surface area contributed by atoms with Crippen molar-refractivity contribution in [2.75, 3.05) is 5.73 Å². The molecule has 1 aromatic carbocycles. The van der Waals surface area contributed by atoms with Gasteiger partial charge >= 0.3 is 0 Å². The van der Waals surface area contributed by atoms with Gasteiger partial charge in [-0.1, -0.05) is 6.04 Å². The molecule has 1 aliphatic carbocycles. The molecule has 0 spiro atoms. The van der Waals surface area contributed by atoms with Gasteiger partial charge in [-0.2, -0.15) is 0 Å². The van der Waals surface area contributed by atoms with E-state index in [0.717, 1.165) is 4.57 Å². The average molecular weight is 289 g/mol. The van der Waals surface area contributed by atoms with Crippen LogP contribution in [0.2, 0.25) is 0 Å². The monoisotopic (exact) mass is 289 g/mol. The van der Waals surface area contributed by atoms with Crippen LogP contribution in [0.4, 0.5) is 5.69 Å². The van der Waals surface area contributed by atoms with Crippen molar-refractivity contribution < 1.29 is 15.1 Å². The molecule has 2 N–H and O–H groups in total. The highest BCUT2D eigenvalue weighted by molar-refractivity contribution is 6.03. The normalized spacial score (nSPS) is 25.6. The zero-order chi connectivity index (χ0) is 18.5. The molecule has 1 saturated carbocycles. The second-order valence-corrected chi connectivity index (χ2v) is 4.88. The van der Waals surface area contributed by atoms with E-state index in [-0.39, 0.29) is 34.9 Å². The number of hydrogen-bond donors (Lipinski definition) is 1. The first-order valence-corrected chi connectivity index (χ1v) is 6.35. The molecule has 1 aromatic heterocycles. The lowest BCUT2D eigenvalue weighted by atomic mass is 9.92. The molecule has 3 rings (SSSR count). The number of anilines is 1. The smallest absolute Gasteiger partial charge is 0.264 e. The van der Waals surface area contributed by atoms with E-state index < -0.39 is 42.9 Å². The van der Waals surface area contributed by atoms with Crippen molar-refractivity contribution in [2.24, 2.45) is 0 Å². The number of aromatic nitrogens is 2. The number of carbonyl (C=O) groups excluding carboxylic acids is 2. The average Bonchev–Trinajstić information content (AvgIpc) is 2.50. The molecule has 0 radical (unpaired) electrons. The van der Waals surface area contributed by atoms with Gasteiger partial charge < -0.3 is 5.73 Å². The van der Waals surface area contributed by atoms with Crippen LogP contribution in [-0.4, -0.2) is 21.1 Å². The Bertz CT molecular complexity index is 957. The minimum atomic E-state index is -1.66.